The molecule has 0 aliphatic carbocycles. The largest absolute Gasteiger partial charge is 0.376 e. The van der Waals surface area contributed by atoms with Crippen LogP contribution in [0.2, 0.25) is 0 Å². The molecule has 1 aromatic heterocycles. The average Bonchev–Trinajstić information content (AvgIpc) is 2.76. The number of rotatable bonds is 3. The molecular weight excluding hydrogens is 264 g/mol. The molecule has 1 saturated heterocycles. The Morgan fingerprint density at radius 1 is 1.43 bits per heavy atom. The lowest BCUT2D eigenvalue weighted by Gasteiger charge is -2.42. The van der Waals surface area contributed by atoms with Gasteiger partial charge in [-0.25, -0.2) is 0 Å². The lowest BCUT2D eigenvalue weighted by Crippen LogP contribution is -2.50. The third kappa shape index (κ3) is 3.47. The summed E-state index contributed by atoms with van der Waals surface area (Å²) in [6, 6.07) is 0.581. The first-order valence-corrected chi connectivity index (χ1v) is 7.85. The molecule has 2 rings (SSSR count). The molecule has 3 unspecified atom stereocenters. The molecule has 2 heterocycles. The molecule has 5 nitrogen and oxygen atoms in total. The van der Waals surface area contributed by atoms with Gasteiger partial charge in [0.25, 0.3) is 0 Å². The molecule has 0 bridgehead atoms. The molecule has 0 amide bonds. The van der Waals surface area contributed by atoms with E-state index in [1.54, 1.807) is 0 Å². The first kappa shape index (κ1) is 16.5. The van der Waals surface area contributed by atoms with Crippen molar-refractivity contribution in [3.63, 3.8) is 0 Å². The molecule has 21 heavy (non-hydrogen) atoms. The van der Waals surface area contributed by atoms with Crippen LogP contribution < -0.4 is 5.73 Å². The van der Waals surface area contributed by atoms with E-state index in [0.29, 0.717) is 12.6 Å². The third-order valence-corrected chi connectivity index (χ3v) is 4.21. The summed E-state index contributed by atoms with van der Waals surface area (Å²) in [5.74, 6) is 0. The molecule has 1 fully saturated rings. The SMILES string of the molecule is CC1CN(C(CN)c2cn(C)nc2C(C)(C)C)C(C)CO1. The quantitative estimate of drug-likeness (QED) is 0.924. The Hall–Kier alpha value is -0.910. The number of hydrogen-bond donors (Lipinski definition) is 1. The zero-order valence-electron chi connectivity index (χ0n) is 14.3. The van der Waals surface area contributed by atoms with E-state index in [9.17, 15) is 0 Å². The number of aromatic nitrogens is 2. The van der Waals surface area contributed by atoms with Crippen LogP contribution in [0.25, 0.3) is 0 Å². The normalized spacial score (nSPS) is 26.0. The van der Waals surface area contributed by atoms with Gasteiger partial charge in [0.1, 0.15) is 0 Å². The molecule has 0 spiro atoms. The Bertz CT molecular complexity index is 477. The Kier molecular flexibility index (Phi) is 4.76. The Labute approximate surface area is 128 Å². The summed E-state index contributed by atoms with van der Waals surface area (Å²) in [5, 5.41) is 4.69. The minimum atomic E-state index is 0.0190. The Morgan fingerprint density at radius 2 is 2.10 bits per heavy atom. The van der Waals surface area contributed by atoms with E-state index in [1.165, 1.54) is 5.56 Å². The van der Waals surface area contributed by atoms with E-state index in [0.717, 1.165) is 18.8 Å². The average molecular weight is 294 g/mol. The minimum Gasteiger partial charge on any atom is -0.376 e. The second-order valence-electron chi connectivity index (χ2n) is 7.30. The zero-order valence-corrected chi connectivity index (χ0v) is 14.3. The smallest absolute Gasteiger partial charge is 0.0726 e. The number of morpholine rings is 1. The molecule has 0 aromatic carbocycles. The summed E-state index contributed by atoms with van der Waals surface area (Å²) in [6.07, 6.45) is 2.38. The van der Waals surface area contributed by atoms with E-state index < -0.39 is 0 Å². The van der Waals surface area contributed by atoms with E-state index in [1.807, 2.05) is 11.7 Å². The van der Waals surface area contributed by atoms with Crippen LogP contribution in [0.3, 0.4) is 0 Å². The summed E-state index contributed by atoms with van der Waals surface area (Å²) >= 11 is 0. The topological polar surface area (TPSA) is 56.3 Å². The van der Waals surface area contributed by atoms with Gasteiger partial charge in [0.05, 0.1) is 24.4 Å². The van der Waals surface area contributed by atoms with Crippen molar-refractivity contribution in [3.8, 4) is 0 Å². The van der Waals surface area contributed by atoms with Crippen molar-refractivity contribution in [3.05, 3.63) is 17.5 Å². The standard InChI is InChI=1S/C16H30N4O/c1-11-10-21-12(2)8-20(11)14(7-17)13-9-19(6)18-15(13)16(3,4)5/h9,11-12,14H,7-8,10,17H2,1-6H3. The maximum Gasteiger partial charge on any atom is 0.0726 e. The summed E-state index contributed by atoms with van der Waals surface area (Å²) in [5.41, 5.74) is 8.57. The summed E-state index contributed by atoms with van der Waals surface area (Å²) in [4.78, 5) is 2.47. The van der Waals surface area contributed by atoms with Gasteiger partial charge >= 0.3 is 0 Å². The van der Waals surface area contributed by atoms with Crippen LogP contribution in [-0.4, -0.2) is 46.5 Å². The molecule has 120 valence electrons. The molecule has 1 aliphatic rings. The van der Waals surface area contributed by atoms with Crippen LogP contribution in [0, 0.1) is 0 Å². The predicted octanol–water partition coefficient (Wildman–Crippen LogP) is 1.83. The van der Waals surface area contributed by atoms with Crippen LogP contribution in [0.4, 0.5) is 0 Å². The van der Waals surface area contributed by atoms with Crippen LogP contribution >= 0.6 is 0 Å². The fourth-order valence-corrected chi connectivity index (χ4v) is 3.14. The highest BCUT2D eigenvalue weighted by molar-refractivity contribution is 5.28. The molecule has 0 saturated carbocycles. The second-order valence-corrected chi connectivity index (χ2v) is 7.30. The molecule has 0 radical (unpaired) electrons. The predicted molar refractivity (Wildman–Crippen MR) is 85.3 cm³/mol. The van der Waals surface area contributed by atoms with Gasteiger partial charge in [0.15, 0.2) is 0 Å². The van der Waals surface area contributed by atoms with Gasteiger partial charge in [-0.3, -0.25) is 9.58 Å². The lowest BCUT2D eigenvalue weighted by atomic mass is 9.87. The van der Waals surface area contributed by atoms with Crippen molar-refractivity contribution in [2.45, 2.75) is 58.2 Å². The zero-order chi connectivity index (χ0) is 15.8. The van der Waals surface area contributed by atoms with E-state index >= 15 is 0 Å². The van der Waals surface area contributed by atoms with Crippen molar-refractivity contribution in [1.29, 1.82) is 0 Å². The first-order chi connectivity index (χ1) is 9.74. The van der Waals surface area contributed by atoms with Gasteiger partial charge in [0.2, 0.25) is 0 Å². The lowest BCUT2D eigenvalue weighted by molar-refractivity contribution is -0.0655. The van der Waals surface area contributed by atoms with E-state index in [4.69, 9.17) is 15.6 Å². The number of nitrogens with zero attached hydrogens (tertiary/aromatic N) is 3. The van der Waals surface area contributed by atoms with Crippen molar-refractivity contribution in [1.82, 2.24) is 14.7 Å². The van der Waals surface area contributed by atoms with E-state index in [2.05, 4.69) is 45.7 Å². The maximum absolute atomic E-state index is 6.15. The first-order valence-electron chi connectivity index (χ1n) is 7.85. The van der Waals surface area contributed by atoms with Crippen molar-refractivity contribution in [2.75, 3.05) is 19.7 Å². The van der Waals surface area contributed by atoms with Crippen LogP contribution in [0.5, 0.6) is 0 Å². The molecule has 1 aliphatic heterocycles. The molecule has 1 aromatic rings. The summed E-state index contributed by atoms with van der Waals surface area (Å²) in [6.45, 7) is 13.2. The van der Waals surface area contributed by atoms with Crippen LogP contribution in [-0.2, 0) is 17.2 Å². The van der Waals surface area contributed by atoms with Crippen LogP contribution in [0.1, 0.15) is 51.9 Å². The number of hydrogen-bond acceptors (Lipinski definition) is 4. The highest BCUT2D eigenvalue weighted by Crippen LogP contribution is 2.33. The van der Waals surface area contributed by atoms with Gasteiger partial charge in [0, 0.05) is 43.4 Å². The summed E-state index contributed by atoms with van der Waals surface area (Å²) < 4.78 is 7.66. The Balaban J connectivity index is 2.37. The number of nitrogens with two attached hydrogens (primary N) is 1. The summed E-state index contributed by atoms with van der Waals surface area (Å²) in [7, 11) is 1.98. The van der Waals surface area contributed by atoms with Gasteiger partial charge in [-0.05, 0) is 13.8 Å². The fourth-order valence-electron chi connectivity index (χ4n) is 3.14. The fraction of sp³-hybridized carbons (Fsp3) is 0.812. The van der Waals surface area contributed by atoms with Gasteiger partial charge in [-0.2, -0.15) is 5.10 Å². The number of ether oxygens (including phenoxy) is 1. The molecular formula is C16H30N4O. The molecule has 5 heteroatoms. The van der Waals surface area contributed by atoms with E-state index in [-0.39, 0.29) is 17.6 Å². The van der Waals surface area contributed by atoms with Gasteiger partial charge < -0.3 is 10.5 Å². The second kappa shape index (κ2) is 6.07. The molecule has 2 N–H and O–H groups in total. The third-order valence-electron chi connectivity index (χ3n) is 4.21. The van der Waals surface area contributed by atoms with Crippen molar-refractivity contribution < 1.29 is 4.74 Å². The highest BCUT2D eigenvalue weighted by Gasteiger charge is 2.34. The van der Waals surface area contributed by atoms with Crippen LogP contribution in [0.15, 0.2) is 6.20 Å². The monoisotopic (exact) mass is 294 g/mol. The van der Waals surface area contributed by atoms with Crippen molar-refractivity contribution in [2.24, 2.45) is 12.8 Å². The maximum atomic E-state index is 6.15. The minimum absolute atomic E-state index is 0.0190. The molecule has 3 atom stereocenters. The Morgan fingerprint density at radius 3 is 2.67 bits per heavy atom. The number of aryl methyl sites for hydroxylation is 1. The van der Waals surface area contributed by atoms with Gasteiger partial charge in [-0.1, -0.05) is 20.8 Å². The van der Waals surface area contributed by atoms with Crippen molar-refractivity contribution >= 4 is 0 Å². The highest BCUT2D eigenvalue weighted by atomic mass is 16.5. The van der Waals surface area contributed by atoms with Gasteiger partial charge in [-0.15, -0.1) is 0 Å².